The highest BCUT2D eigenvalue weighted by molar-refractivity contribution is 5.82. The Hall–Kier alpha value is -2.01. The Morgan fingerprint density at radius 3 is 2.77 bits per heavy atom. The van der Waals surface area contributed by atoms with Crippen molar-refractivity contribution in [2.24, 2.45) is 0 Å². The van der Waals surface area contributed by atoms with Crippen LogP contribution in [-0.4, -0.2) is 66.3 Å². The van der Waals surface area contributed by atoms with Crippen molar-refractivity contribution in [1.29, 1.82) is 0 Å². The molecule has 2 aromatic heterocycles. The molecule has 10 nitrogen and oxygen atoms in total. The largest absolute Gasteiger partial charge is 0.394 e. The number of nitrogens with two attached hydrogens (primary N) is 1. The third-order valence-corrected chi connectivity index (χ3v) is 3.57. The molecule has 0 aromatic carbocycles. The summed E-state index contributed by atoms with van der Waals surface area (Å²) in [5.41, 5.74) is 6.60. The predicted molar refractivity (Wildman–Crippen MR) is 76.9 cm³/mol. The molecule has 10 heteroatoms. The van der Waals surface area contributed by atoms with Crippen LogP contribution in [0.1, 0.15) is 13.2 Å². The van der Waals surface area contributed by atoms with Crippen LogP contribution in [0.25, 0.3) is 11.2 Å². The number of rotatable bonds is 4. The maximum atomic E-state index is 10.1. The number of fused-ring (bicyclic) bond motifs is 1. The summed E-state index contributed by atoms with van der Waals surface area (Å²) in [5.74, 6) is 0.535. The first-order valence-electron chi connectivity index (χ1n) is 6.93. The monoisotopic (exact) mass is 310 g/mol. The van der Waals surface area contributed by atoms with Gasteiger partial charge in [0, 0.05) is 6.54 Å². The molecule has 0 bridgehead atoms. The van der Waals surface area contributed by atoms with E-state index in [9.17, 15) is 10.2 Å². The van der Waals surface area contributed by atoms with E-state index in [0.29, 0.717) is 23.7 Å². The summed E-state index contributed by atoms with van der Waals surface area (Å²) in [7, 11) is 0. The third kappa shape index (κ3) is 2.25. The smallest absolute Gasteiger partial charge is 0.226 e. The highest BCUT2D eigenvalue weighted by Crippen LogP contribution is 2.32. The van der Waals surface area contributed by atoms with Crippen LogP contribution in [0.3, 0.4) is 0 Å². The number of aliphatic hydroxyl groups is 3. The molecule has 1 saturated heterocycles. The summed E-state index contributed by atoms with van der Waals surface area (Å²) < 4.78 is 6.95. The molecular formula is C12H18N6O4. The summed E-state index contributed by atoms with van der Waals surface area (Å²) in [6, 6.07) is 0. The molecule has 0 unspecified atom stereocenters. The lowest BCUT2D eigenvalue weighted by molar-refractivity contribution is -0.0511. The molecule has 0 spiro atoms. The van der Waals surface area contributed by atoms with Crippen LogP contribution >= 0.6 is 0 Å². The molecule has 0 saturated carbocycles. The van der Waals surface area contributed by atoms with Gasteiger partial charge in [0.1, 0.15) is 23.8 Å². The molecule has 1 fully saturated rings. The van der Waals surface area contributed by atoms with Crippen molar-refractivity contribution in [2.45, 2.75) is 31.5 Å². The number of anilines is 2. The Labute approximate surface area is 125 Å². The van der Waals surface area contributed by atoms with Gasteiger partial charge in [0.25, 0.3) is 0 Å². The van der Waals surface area contributed by atoms with Crippen LogP contribution in [0.15, 0.2) is 6.33 Å². The topological polar surface area (TPSA) is 152 Å². The molecule has 3 heterocycles. The van der Waals surface area contributed by atoms with Gasteiger partial charge in [-0.2, -0.15) is 9.97 Å². The fourth-order valence-electron chi connectivity index (χ4n) is 2.47. The number of imidazole rings is 1. The number of nitrogens with one attached hydrogen (secondary N) is 1. The zero-order valence-corrected chi connectivity index (χ0v) is 11.9. The maximum Gasteiger partial charge on any atom is 0.226 e. The third-order valence-electron chi connectivity index (χ3n) is 3.57. The molecule has 120 valence electrons. The van der Waals surface area contributed by atoms with Crippen molar-refractivity contribution in [3.63, 3.8) is 0 Å². The Kier molecular flexibility index (Phi) is 3.83. The van der Waals surface area contributed by atoms with Gasteiger partial charge in [-0.3, -0.25) is 4.57 Å². The van der Waals surface area contributed by atoms with Gasteiger partial charge in [-0.25, -0.2) is 4.98 Å². The average molecular weight is 310 g/mol. The Morgan fingerprint density at radius 1 is 1.36 bits per heavy atom. The Balaban J connectivity index is 2.04. The van der Waals surface area contributed by atoms with Crippen molar-refractivity contribution in [1.82, 2.24) is 19.5 Å². The number of aliphatic hydroxyl groups excluding tert-OH is 3. The predicted octanol–water partition coefficient (Wildman–Crippen LogP) is -1.55. The molecule has 0 radical (unpaired) electrons. The number of aromatic nitrogens is 4. The van der Waals surface area contributed by atoms with Crippen LogP contribution < -0.4 is 11.1 Å². The number of nitrogen functional groups attached to an aromatic ring is 1. The van der Waals surface area contributed by atoms with Crippen molar-refractivity contribution in [3.05, 3.63) is 6.33 Å². The zero-order chi connectivity index (χ0) is 15.9. The lowest BCUT2D eigenvalue weighted by atomic mass is 10.1. The second kappa shape index (κ2) is 5.65. The number of ether oxygens (including phenoxy) is 1. The average Bonchev–Trinajstić information content (AvgIpc) is 3.03. The van der Waals surface area contributed by atoms with Crippen molar-refractivity contribution in [3.8, 4) is 0 Å². The molecule has 4 atom stereocenters. The Morgan fingerprint density at radius 2 is 2.14 bits per heavy atom. The van der Waals surface area contributed by atoms with Gasteiger partial charge in [-0.1, -0.05) is 0 Å². The standard InChI is InChI=1S/C12H18N6O4/c1-2-14-12-16-9(13)6-10(17-12)18(4-15-6)11-8(21)7(20)5(3-19)22-11/h4-5,7-8,11,19-21H,2-3H2,1H3,(H3,13,14,16,17)/t5-,7-,8-,11-/m1/s1. The minimum absolute atomic E-state index is 0.200. The molecule has 1 aliphatic rings. The fraction of sp³-hybridized carbons (Fsp3) is 0.583. The van der Waals surface area contributed by atoms with Gasteiger partial charge < -0.3 is 31.1 Å². The van der Waals surface area contributed by atoms with Crippen LogP contribution in [0, 0.1) is 0 Å². The lowest BCUT2D eigenvalue weighted by Gasteiger charge is -2.16. The van der Waals surface area contributed by atoms with Gasteiger partial charge in [-0.15, -0.1) is 0 Å². The summed E-state index contributed by atoms with van der Waals surface area (Å²) >= 11 is 0. The minimum Gasteiger partial charge on any atom is -0.394 e. The first-order valence-corrected chi connectivity index (χ1v) is 6.93. The first-order chi connectivity index (χ1) is 10.6. The molecule has 0 aliphatic carbocycles. The van der Waals surface area contributed by atoms with Crippen molar-refractivity contribution >= 4 is 22.9 Å². The maximum absolute atomic E-state index is 10.1. The number of hydrogen-bond acceptors (Lipinski definition) is 9. The molecule has 3 rings (SSSR count). The van der Waals surface area contributed by atoms with E-state index in [1.54, 1.807) is 0 Å². The van der Waals surface area contributed by atoms with Gasteiger partial charge >= 0.3 is 0 Å². The number of nitrogens with zero attached hydrogens (tertiary/aromatic N) is 4. The molecule has 6 N–H and O–H groups in total. The van der Waals surface area contributed by atoms with Crippen LogP contribution in [0.4, 0.5) is 11.8 Å². The Bertz CT molecular complexity index is 677. The molecule has 1 aliphatic heterocycles. The summed E-state index contributed by atoms with van der Waals surface area (Å²) in [4.78, 5) is 12.5. The SMILES string of the molecule is CCNc1nc(N)c2ncn([C@@H]3O[C@H](CO)[C@@H](O)[C@H]3O)c2n1. The molecule has 0 amide bonds. The van der Waals surface area contributed by atoms with E-state index in [-0.39, 0.29) is 5.82 Å². The van der Waals surface area contributed by atoms with Gasteiger partial charge in [-0.05, 0) is 6.92 Å². The van der Waals surface area contributed by atoms with E-state index >= 15 is 0 Å². The minimum atomic E-state index is -1.21. The second-order valence-corrected chi connectivity index (χ2v) is 5.02. The summed E-state index contributed by atoms with van der Waals surface area (Å²) in [6.07, 6.45) is -2.79. The van der Waals surface area contributed by atoms with Crippen molar-refractivity contribution < 1.29 is 20.1 Å². The normalized spacial score (nSPS) is 28.4. The van der Waals surface area contributed by atoms with E-state index in [2.05, 4.69) is 20.3 Å². The van der Waals surface area contributed by atoms with Gasteiger partial charge in [0.15, 0.2) is 17.7 Å². The van der Waals surface area contributed by atoms with Gasteiger partial charge in [0.2, 0.25) is 5.95 Å². The van der Waals surface area contributed by atoms with Crippen LogP contribution in [0.2, 0.25) is 0 Å². The molecule has 2 aromatic rings. The van der Waals surface area contributed by atoms with E-state index in [1.807, 2.05) is 6.92 Å². The van der Waals surface area contributed by atoms with E-state index < -0.39 is 31.1 Å². The highest BCUT2D eigenvalue weighted by atomic mass is 16.6. The zero-order valence-electron chi connectivity index (χ0n) is 11.9. The first kappa shape index (κ1) is 14.9. The second-order valence-electron chi connectivity index (χ2n) is 5.02. The fourth-order valence-corrected chi connectivity index (χ4v) is 2.47. The summed E-state index contributed by atoms with van der Waals surface area (Å²) in [5, 5.41) is 32.1. The molecular weight excluding hydrogens is 292 g/mol. The van der Waals surface area contributed by atoms with E-state index in [4.69, 9.17) is 15.6 Å². The summed E-state index contributed by atoms with van der Waals surface area (Å²) in [6.45, 7) is 2.11. The molecule has 22 heavy (non-hydrogen) atoms. The highest BCUT2D eigenvalue weighted by Gasteiger charge is 2.44. The van der Waals surface area contributed by atoms with Crippen LogP contribution in [0.5, 0.6) is 0 Å². The van der Waals surface area contributed by atoms with Crippen LogP contribution in [-0.2, 0) is 4.74 Å². The lowest BCUT2D eigenvalue weighted by Crippen LogP contribution is -2.33. The number of hydrogen-bond donors (Lipinski definition) is 5. The van der Waals surface area contributed by atoms with E-state index in [1.165, 1.54) is 10.9 Å². The quantitative estimate of drug-likeness (QED) is 0.452. The van der Waals surface area contributed by atoms with Crippen molar-refractivity contribution in [2.75, 3.05) is 24.2 Å². The van der Waals surface area contributed by atoms with E-state index in [0.717, 1.165) is 0 Å². The van der Waals surface area contributed by atoms with Gasteiger partial charge in [0.05, 0.1) is 12.9 Å².